The van der Waals surface area contributed by atoms with Gasteiger partial charge in [0.1, 0.15) is 5.57 Å². The van der Waals surface area contributed by atoms with Crippen molar-refractivity contribution in [3.8, 4) is 5.69 Å². The van der Waals surface area contributed by atoms with E-state index in [0.29, 0.717) is 22.8 Å². The molecule has 34 heavy (non-hydrogen) atoms. The highest BCUT2D eigenvalue weighted by atomic mass is 35.5. The maximum Gasteiger partial charge on any atom is 0.326 e. The van der Waals surface area contributed by atoms with Crippen LogP contribution in [0.3, 0.4) is 0 Å². The quantitative estimate of drug-likeness (QED) is 0.414. The number of aryl methyl sites for hydroxylation is 2. The lowest BCUT2D eigenvalue weighted by Gasteiger charge is -2.16. The lowest BCUT2D eigenvalue weighted by molar-refractivity contribution is -0.577. The molecule has 0 spiro atoms. The third-order valence-electron chi connectivity index (χ3n) is 5.75. The highest BCUT2D eigenvalue weighted by Crippen LogP contribution is 2.31. The van der Waals surface area contributed by atoms with Gasteiger partial charge in [-0.2, -0.15) is 4.57 Å². The van der Waals surface area contributed by atoms with Crippen LogP contribution in [0.5, 0.6) is 0 Å². The molecule has 0 radical (unpaired) electrons. The number of halogens is 1. The van der Waals surface area contributed by atoms with Gasteiger partial charge in [0.2, 0.25) is 0 Å². The molecule has 7 nitrogen and oxygen atoms in total. The van der Waals surface area contributed by atoms with E-state index in [1.807, 2.05) is 39.8 Å². The molecule has 1 aliphatic heterocycles. The molecule has 3 aromatic rings. The summed E-state index contributed by atoms with van der Waals surface area (Å²) < 4.78 is 3.04. The predicted molar refractivity (Wildman–Crippen MR) is 131 cm³/mol. The maximum absolute atomic E-state index is 13.7. The van der Waals surface area contributed by atoms with Crippen molar-refractivity contribution in [2.45, 2.75) is 40.5 Å². The molecule has 2 aromatic heterocycles. The summed E-state index contributed by atoms with van der Waals surface area (Å²) in [5.41, 5.74) is 2.43. The smallest absolute Gasteiger partial charge is 0.294 e. The number of imide groups is 1. The summed E-state index contributed by atoms with van der Waals surface area (Å²) in [4.78, 5) is 42.1. The number of hydrogen-bond acceptors (Lipinski definition) is 3. The monoisotopic (exact) mass is 479 g/mol. The van der Waals surface area contributed by atoms with Gasteiger partial charge in [0.05, 0.1) is 11.3 Å². The van der Waals surface area contributed by atoms with E-state index in [1.54, 1.807) is 41.2 Å². The lowest BCUT2D eigenvalue weighted by Crippen LogP contribution is -2.40. The van der Waals surface area contributed by atoms with Crippen LogP contribution >= 0.6 is 11.6 Å². The van der Waals surface area contributed by atoms with Gasteiger partial charge < -0.3 is 0 Å². The van der Waals surface area contributed by atoms with Crippen molar-refractivity contribution in [3.63, 3.8) is 0 Å². The molecule has 0 fully saturated rings. The van der Waals surface area contributed by atoms with Gasteiger partial charge in [-0.1, -0.05) is 38.8 Å². The molecule has 2 amide bonds. The summed E-state index contributed by atoms with van der Waals surface area (Å²) >= 11 is 6.02. The molecular weight excluding hydrogens is 452 g/mol. The molecule has 0 aliphatic carbocycles. The Morgan fingerprint density at radius 3 is 2.24 bits per heavy atom. The van der Waals surface area contributed by atoms with Crippen molar-refractivity contribution in [2.24, 2.45) is 5.92 Å². The maximum atomic E-state index is 13.7. The van der Waals surface area contributed by atoms with Crippen molar-refractivity contribution in [1.29, 1.82) is 0 Å². The second-order valence-corrected chi connectivity index (χ2v) is 9.39. The van der Waals surface area contributed by atoms with Crippen LogP contribution < -0.4 is 10.1 Å². The molecule has 1 N–H and O–H groups in total. The van der Waals surface area contributed by atoms with Gasteiger partial charge in [0.25, 0.3) is 17.2 Å². The van der Waals surface area contributed by atoms with E-state index in [0.717, 1.165) is 12.0 Å². The summed E-state index contributed by atoms with van der Waals surface area (Å²) in [6, 6.07) is 10.6. The average Bonchev–Trinajstić information content (AvgIpc) is 3.23. The first-order valence-corrected chi connectivity index (χ1v) is 11.8. The minimum absolute atomic E-state index is 0.0866. The number of amides is 2. The summed E-state index contributed by atoms with van der Waals surface area (Å²) in [7, 11) is 0. The SMILES string of the molecule is CCCc1[nH]n(-c2ccc(Cl)cc2)c(=O)c1C1=C([n+]2ccc(C)cc2)C(=O)N(CC(C)C)C1=O. The summed E-state index contributed by atoms with van der Waals surface area (Å²) in [5.74, 6) is -0.759. The molecule has 0 atom stereocenters. The summed E-state index contributed by atoms with van der Waals surface area (Å²) in [6.07, 6.45) is 4.80. The fraction of sp³-hybridized carbons (Fsp3) is 0.308. The highest BCUT2D eigenvalue weighted by Gasteiger charge is 2.47. The van der Waals surface area contributed by atoms with E-state index in [4.69, 9.17) is 11.6 Å². The molecular formula is C26H28ClN4O3+. The Balaban J connectivity index is 1.99. The first kappa shape index (κ1) is 23.7. The van der Waals surface area contributed by atoms with Gasteiger partial charge in [-0.15, -0.1) is 0 Å². The van der Waals surface area contributed by atoms with Gasteiger partial charge in [-0.3, -0.25) is 24.4 Å². The second kappa shape index (κ2) is 9.43. The Kier molecular flexibility index (Phi) is 6.57. The molecule has 4 rings (SSSR count). The van der Waals surface area contributed by atoms with Crippen LogP contribution in [-0.4, -0.2) is 33.0 Å². The Bertz CT molecular complexity index is 1330. The number of hydrogen-bond donors (Lipinski definition) is 1. The first-order valence-electron chi connectivity index (χ1n) is 11.4. The van der Waals surface area contributed by atoms with Gasteiger partial charge in [0, 0.05) is 29.4 Å². The number of rotatable bonds is 7. The van der Waals surface area contributed by atoms with E-state index in [-0.39, 0.29) is 34.9 Å². The third-order valence-corrected chi connectivity index (χ3v) is 6.00. The number of aromatic nitrogens is 3. The summed E-state index contributed by atoms with van der Waals surface area (Å²) in [5, 5.41) is 3.73. The highest BCUT2D eigenvalue weighted by molar-refractivity contribution is 6.44. The molecule has 1 aromatic carbocycles. The standard InChI is InChI=1S/C26H27ClN4O3/c1-5-6-20-21(25(33)31(28-20)19-9-7-18(27)8-10-19)22-23(29-13-11-17(4)12-14-29)26(34)30(24(22)32)15-16(2)3/h7-14,16H,5-6,15H2,1-4H3/p+1. The predicted octanol–water partition coefficient (Wildman–Crippen LogP) is 3.76. The van der Waals surface area contributed by atoms with Crippen LogP contribution in [0.2, 0.25) is 5.02 Å². The van der Waals surface area contributed by atoms with Crippen LogP contribution in [0.15, 0.2) is 53.6 Å². The van der Waals surface area contributed by atoms with Crippen molar-refractivity contribution in [2.75, 3.05) is 6.54 Å². The largest absolute Gasteiger partial charge is 0.326 e. The molecule has 0 saturated heterocycles. The number of carbonyl (C=O) groups excluding carboxylic acids is 2. The second-order valence-electron chi connectivity index (χ2n) is 8.95. The molecule has 3 heterocycles. The van der Waals surface area contributed by atoms with Crippen molar-refractivity contribution in [1.82, 2.24) is 14.7 Å². The van der Waals surface area contributed by atoms with Crippen LogP contribution in [0.1, 0.15) is 44.0 Å². The third kappa shape index (κ3) is 4.23. The van der Waals surface area contributed by atoms with E-state index < -0.39 is 11.8 Å². The molecule has 176 valence electrons. The number of nitrogens with zero attached hydrogens (tertiary/aromatic N) is 3. The fourth-order valence-electron chi connectivity index (χ4n) is 4.15. The Morgan fingerprint density at radius 1 is 1.00 bits per heavy atom. The van der Waals surface area contributed by atoms with Crippen molar-refractivity contribution in [3.05, 3.63) is 81.0 Å². The molecule has 1 aliphatic rings. The fourth-order valence-corrected chi connectivity index (χ4v) is 4.28. The average molecular weight is 480 g/mol. The Hall–Kier alpha value is -3.45. The molecule has 8 heteroatoms. The van der Waals surface area contributed by atoms with Crippen LogP contribution in [0.25, 0.3) is 17.0 Å². The van der Waals surface area contributed by atoms with Gasteiger partial charge in [0.15, 0.2) is 12.4 Å². The van der Waals surface area contributed by atoms with Crippen LogP contribution in [0.4, 0.5) is 0 Å². The van der Waals surface area contributed by atoms with E-state index >= 15 is 0 Å². The minimum atomic E-state index is -0.446. The van der Waals surface area contributed by atoms with Gasteiger partial charge >= 0.3 is 5.91 Å². The van der Waals surface area contributed by atoms with Crippen LogP contribution in [-0.2, 0) is 16.0 Å². The molecule has 0 unspecified atom stereocenters. The number of H-pyrrole nitrogens is 1. The minimum Gasteiger partial charge on any atom is -0.294 e. The van der Waals surface area contributed by atoms with Gasteiger partial charge in [-0.05, 0) is 49.1 Å². The topological polar surface area (TPSA) is 79.1 Å². The Morgan fingerprint density at radius 2 is 1.65 bits per heavy atom. The molecule has 0 bridgehead atoms. The number of carbonyl (C=O) groups is 2. The zero-order valence-electron chi connectivity index (χ0n) is 19.8. The van der Waals surface area contributed by atoms with Crippen molar-refractivity contribution >= 4 is 34.7 Å². The van der Waals surface area contributed by atoms with E-state index in [2.05, 4.69) is 5.10 Å². The normalized spacial score (nSPS) is 14.1. The summed E-state index contributed by atoms with van der Waals surface area (Å²) in [6.45, 7) is 8.12. The number of pyridine rings is 1. The lowest BCUT2D eigenvalue weighted by atomic mass is 10.0. The number of benzene rings is 1. The zero-order valence-corrected chi connectivity index (χ0v) is 20.5. The van der Waals surface area contributed by atoms with Crippen LogP contribution in [0, 0.1) is 12.8 Å². The first-order chi connectivity index (χ1) is 16.2. The molecule has 0 saturated carbocycles. The number of nitrogens with one attached hydrogen (secondary N) is 1. The van der Waals surface area contributed by atoms with Crippen molar-refractivity contribution < 1.29 is 14.2 Å². The zero-order chi connectivity index (χ0) is 24.6. The number of aromatic amines is 1. The van der Waals surface area contributed by atoms with E-state index in [9.17, 15) is 14.4 Å². The Labute approximate surface area is 203 Å². The van der Waals surface area contributed by atoms with E-state index in [1.165, 1.54) is 9.58 Å². The van der Waals surface area contributed by atoms with Gasteiger partial charge in [-0.25, -0.2) is 4.68 Å².